The number of amides is 1. The van der Waals surface area contributed by atoms with Crippen molar-refractivity contribution in [2.45, 2.75) is 19.4 Å². The summed E-state index contributed by atoms with van der Waals surface area (Å²) in [5, 5.41) is 4.07. The molecule has 1 amide bonds. The molecule has 2 aromatic rings. The molecular weight excluding hydrogens is 290 g/mol. The fourth-order valence-electron chi connectivity index (χ4n) is 2.27. The maximum absolute atomic E-state index is 12.2. The Kier molecular flexibility index (Phi) is 5.57. The van der Waals surface area contributed by atoms with Crippen molar-refractivity contribution in [3.05, 3.63) is 53.9 Å². The molecule has 0 bridgehead atoms. The Bertz CT molecular complexity index is 674. The van der Waals surface area contributed by atoms with E-state index in [1.165, 1.54) is 5.56 Å². The first-order valence-corrected chi connectivity index (χ1v) is 7.56. The Morgan fingerprint density at radius 3 is 2.65 bits per heavy atom. The highest BCUT2D eigenvalue weighted by Crippen LogP contribution is 2.14. The number of aromatic nitrogens is 2. The highest BCUT2D eigenvalue weighted by Gasteiger charge is 2.14. The van der Waals surface area contributed by atoms with Gasteiger partial charge in [-0.05, 0) is 37.1 Å². The molecule has 1 unspecified atom stereocenters. The quantitative estimate of drug-likeness (QED) is 0.770. The summed E-state index contributed by atoms with van der Waals surface area (Å²) in [7, 11) is 5.32. The molecule has 1 aromatic heterocycles. The van der Waals surface area contributed by atoms with Crippen LogP contribution in [-0.4, -0.2) is 40.8 Å². The van der Waals surface area contributed by atoms with Crippen LogP contribution in [0.5, 0.6) is 5.75 Å². The maximum Gasteiger partial charge on any atom is 0.246 e. The Morgan fingerprint density at radius 2 is 2.09 bits per heavy atom. The van der Waals surface area contributed by atoms with E-state index in [-0.39, 0.29) is 11.9 Å². The van der Waals surface area contributed by atoms with Gasteiger partial charge in [0, 0.05) is 38.0 Å². The third-order valence-corrected chi connectivity index (χ3v) is 3.84. The molecule has 0 aliphatic rings. The van der Waals surface area contributed by atoms with Crippen molar-refractivity contribution in [3.63, 3.8) is 0 Å². The first-order chi connectivity index (χ1) is 11.0. The Labute approximate surface area is 137 Å². The van der Waals surface area contributed by atoms with E-state index in [0.29, 0.717) is 0 Å². The second-order valence-corrected chi connectivity index (χ2v) is 5.63. The molecule has 0 N–H and O–H groups in total. The summed E-state index contributed by atoms with van der Waals surface area (Å²) in [6.45, 7) is 2.04. The number of hydrogen-bond acceptors (Lipinski definition) is 3. The number of nitrogens with zero attached hydrogens (tertiary/aromatic N) is 3. The molecule has 2 rings (SSSR count). The van der Waals surface area contributed by atoms with Gasteiger partial charge >= 0.3 is 0 Å². The minimum atomic E-state index is -0.0186. The summed E-state index contributed by atoms with van der Waals surface area (Å²) in [5.41, 5.74) is 2.09. The van der Waals surface area contributed by atoms with Gasteiger partial charge in [0.1, 0.15) is 5.75 Å². The second-order valence-electron chi connectivity index (χ2n) is 5.63. The molecule has 5 heteroatoms. The summed E-state index contributed by atoms with van der Waals surface area (Å²) in [4.78, 5) is 14.0. The normalized spacial score (nSPS) is 12.3. The van der Waals surface area contributed by atoms with Crippen LogP contribution in [0.3, 0.4) is 0 Å². The number of aryl methyl sites for hydroxylation is 1. The summed E-state index contributed by atoms with van der Waals surface area (Å²) in [6, 6.07) is 8.03. The Morgan fingerprint density at radius 1 is 1.39 bits per heavy atom. The number of methoxy groups -OCH3 is 1. The van der Waals surface area contributed by atoms with Crippen molar-refractivity contribution in [3.8, 4) is 5.75 Å². The van der Waals surface area contributed by atoms with Crippen LogP contribution in [-0.2, 0) is 18.3 Å². The van der Waals surface area contributed by atoms with Crippen LogP contribution in [0, 0.1) is 0 Å². The van der Waals surface area contributed by atoms with E-state index < -0.39 is 0 Å². The lowest BCUT2D eigenvalue weighted by molar-refractivity contribution is -0.126. The molecule has 0 spiro atoms. The van der Waals surface area contributed by atoms with Crippen molar-refractivity contribution in [1.29, 1.82) is 0 Å². The van der Waals surface area contributed by atoms with Gasteiger partial charge in [-0.2, -0.15) is 5.10 Å². The van der Waals surface area contributed by atoms with Gasteiger partial charge in [-0.15, -0.1) is 0 Å². The molecule has 0 saturated carbocycles. The zero-order chi connectivity index (χ0) is 16.8. The number of carbonyl (C=O) groups is 1. The molecule has 1 heterocycles. The van der Waals surface area contributed by atoms with Crippen molar-refractivity contribution in [2.24, 2.45) is 7.05 Å². The number of ether oxygens (including phenoxy) is 1. The van der Waals surface area contributed by atoms with E-state index in [9.17, 15) is 4.79 Å². The van der Waals surface area contributed by atoms with E-state index in [1.54, 1.807) is 35.0 Å². The molecule has 1 atom stereocenters. The summed E-state index contributed by atoms with van der Waals surface area (Å²) in [6.07, 6.45) is 7.76. The monoisotopic (exact) mass is 313 g/mol. The molecule has 0 saturated heterocycles. The van der Waals surface area contributed by atoms with E-state index in [4.69, 9.17) is 4.74 Å². The molecule has 5 nitrogen and oxygen atoms in total. The number of hydrogen-bond donors (Lipinski definition) is 0. The van der Waals surface area contributed by atoms with Crippen LogP contribution in [0.2, 0.25) is 0 Å². The smallest absolute Gasteiger partial charge is 0.246 e. The minimum absolute atomic E-state index is 0.0186. The van der Waals surface area contributed by atoms with Gasteiger partial charge in [0.05, 0.1) is 13.3 Å². The lowest BCUT2D eigenvalue weighted by Crippen LogP contribution is -2.35. The Balaban J connectivity index is 1.93. The zero-order valence-electron chi connectivity index (χ0n) is 14.1. The predicted molar refractivity (Wildman–Crippen MR) is 91.2 cm³/mol. The van der Waals surface area contributed by atoms with E-state index in [2.05, 4.69) is 5.10 Å². The molecule has 0 fully saturated rings. The standard InChI is InChI=1S/C18H23N3O2/c1-14(11-15-5-8-17(23-4)9-6-15)21(3)18(22)10-7-16-12-19-20(2)13-16/h5-10,12-14H,11H2,1-4H3. The van der Waals surface area contributed by atoms with E-state index in [0.717, 1.165) is 17.7 Å². The van der Waals surface area contributed by atoms with Gasteiger partial charge in [-0.25, -0.2) is 0 Å². The fourth-order valence-corrected chi connectivity index (χ4v) is 2.27. The zero-order valence-corrected chi connectivity index (χ0v) is 14.1. The first kappa shape index (κ1) is 16.8. The van der Waals surface area contributed by atoms with Crippen molar-refractivity contribution in [1.82, 2.24) is 14.7 Å². The van der Waals surface area contributed by atoms with Crippen molar-refractivity contribution >= 4 is 12.0 Å². The number of likely N-dealkylation sites (N-methyl/N-ethyl adjacent to an activating group) is 1. The fraction of sp³-hybridized carbons (Fsp3) is 0.333. The lowest BCUT2D eigenvalue weighted by Gasteiger charge is -2.24. The number of rotatable bonds is 6. The van der Waals surface area contributed by atoms with Crippen LogP contribution in [0.1, 0.15) is 18.1 Å². The lowest BCUT2D eigenvalue weighted by atomic mass is 10.1. The topological polar surface area (TPSA) is 47.4 Å². The average Bonchev–Trinajstić information content (AvgIpc) is 2.98. The van der Waals surface area contributed by atoms with Crippen LogP contribution in [0.25, 0.3) is 6.08 Å². The van der Waals surface area contributed by atoms with E-state index >= 15 is 0 Å². The average molecular weight is 313 g/mol. The third-order valence-electron chi connectivity index (χ3n) is 3.84. The molecular formula is C18H23N3O2. The van der Waals surface area contributed by atoms with Gasteiger partial charge in [-0.1, -0.05) is 12.1 Å². The van der Waals surface area contributed by atoms with Gasteiger partial charge in [-0.3, -0.25) is 9.48 Å². The molecule has 122 valence electrons. The summed E-state index contributed by atoms with van der Waals surface area (Å²) in [5.74, 6) is 0.820. The molecule has 23 heavy (non-hydrogen) atoms. The van der Waals surface area contributed by atoms with Crippen LogP contribution < -0.4 is 4.74 Å². The van der Waals surface area contributed by atoms with Crippen molar-refractivity contribution in [2.75, 3.05) is 14.2 Å². The molecule has 1 aromatic carbocycles. The van der Waals surface area contributed by atoms with E-state index in [1.807, 2.05) is 51.5 Å². The third kappa shape index (κ3) is 4.71. The molecule has 0 aliphatic heterocycles. The number of benzene rings is 1. The van der Waals surface area contributed by atoms with Gasteiger partial charge in [0.15, 0.2) is 0 Å². The molecule has 0 aliphatic carbocycles. The van der Waals surface area contributed by atoms with Crippen LogP contribution in [0.15, 0.2) is 42.7 Å². The first-order valence-electron chi connectivity index (χ1n) is 7.56. The van der Waals surface area contributed by atoms with Gasteiger partial charge in [0.2, 0.25) is 5.91 Å². The van der Waals surface area contributed by atoms with Gasteiger partial charge < -0.3 is 9.64 Å². The Hall–Kier alpha value is -2.56. The largest absolute Gasteiger partial charge is 0.497 e. The summed E-state index contributed by atoms with van der Waals surface area (Å²) < 4.78 is 6.86. The van der Waals surface area contributed by atoms with Gasteiger partial charge in [0.25, 0.3) is 0 Å². The molecule has 0 radical (unpaired) electrons. The maximum atomic E-state index is 12.2. The van der Waals surface area contributed by atoms with Crippen LogP contribution in [0.4, 0.5) is 0 Å². The minimum Gasteiger partial charge on any atom is -0.497 e. The van der Waals surface area contributed by atoms with Crippen LogP contribution >= 0.6 is 0 Å². The summed E-state index contributed by atoms with van der Waals surface area (Å²) >= 11 is 0. The highest BCUT2D eigenvalue weighted by molar-refractivity contribution is 5.91. The number of carbonyl (C=O) groups excluding carboxylic acids is 1. The SMILES string of the molecule is COc1ccc(CC(C)N(C)C(=O)C=Cc2cnn(C)c2)cc1. The van der Waals surface area contributed by atoms with Crippen molar-refractivity contribution < 1.29 is 9.53 Å². The highest BCUT2D eigenvalue weighted by atomic mass is 16.5. The second kappa shape index (κ2) is 7.63. The predicted octanol–water partition coefficient (Wildman–Crippen LogP) is 2.53.